The summed E-state index contributed by atoms with van der Waals surface area (Å²) in [4.78, 5) is 12.2. The van der Waals surface area contributed by atoms with Gasteiger partial charge in [-0.3, -0.25) is 4.79 Å². The van der Waals surface area contributed by atoms with Crippen molar-refractivity contribution in [2.45, 2.75) is 20.3 Å². The fourth-order valence-corrected chi connectivity index (χ4v) is 2.32. The third-order valence-corrected chi connectivity index (χ3v) is 3.84. The van der Waals surface area contributed by atoms with Crippen LogP contribution < -0.4 is 10.6 Å². The van der Waals surface area contributed by atoms with E-state index >= 15 is 0 Å². The summed E-state index contributed by atoms with van der Waals surface area (Å²) < 4.78 is 0. The first-order chi connectivity index (χ1) is 12.1. The van der Waals surface area contributed by atoms with Gasteiger partial charge in [-0.05, 0) is 55.3 Å². The molecule has 0 bridgehead atoms. The van der Waals surface area contributed by atoms with Gasteiger partial charge in [0.15, 0.2) is 11.5 Å². The quantitative estimate of drug-likeness (QED) is 0.729. The van der Waals surface area contributed by atoms with Crippen LogP contribution in [0.15, 0.2) is 60.7 Å². The molecule has 0 aliphatic carbocycles. The van der Waals surface area contributed by atoms with Gasteiger partial charge in [-0.2, -0.15) is 0 Å². The van der Waals surface area contributed by atoms with E-state index in [0.29, 0.717) is 5.82 Å². The van der Waals surface area contributed by atoms with Gasteiger partial charge in [0.25, 0.3) is 5.91 Å². The molecule has 0 saturated carbocycles. The summed E-state index contributed by atoms with van der Waals surface area (Å²) in [6.07, 6.45) is 0.967. The maximum atomic E-state index is 12.2. The van der Waals surface area contributed by atoms with E-state index in [1.165, 1.54) is 11.1 Å². The van der Waals surface area contributed by atoms with E-state index in [1.807, 2.05) is 55.5 Å². The molecule has 2 N–H and O–H groups in total. The van der Waals surface area contributed by atoms with Gasteiger partial charge in [0.1, 0.15) is 0 Å². The van der Waals surface area contributed by atoms with Crippen LogP contribution in [0.5, 0.6) is 0 Å². The number of hydrogen-bond acceptors (Lipinski definition) is 4. The number of benzene rings is 2. The summed E-state index contributed by atoms with van der Waals surface area (Å²) >= 11 is 0. The highest BCUT2D eigenvalue weighted by molar-refractivity contribution is 6.02. The van der Waals surface area contributed by atoms with Crippen LogP contribution in [-0.4, -0.2) is 16.1 Å². The Morgan fingerprint density at radius 2 is 1.56 bits per heavy atom. The lowest BCUT2D eigenvalue weighted by molar-refractivity contribution is 0.102. The smallest absolute Gasteiger partial charge is 0.276 e. The number of nitrogens with zero attached hydrogens (tertiary/aromatic N) is 2. The minimum Gasteiger partial charge on any atom is -0.339 e. The van der Waals surface area contributed by atoms with E-state index in [-0.39, 0.29) is 11.6 Å². The van der Waals surface area contributed by atoms with Crippen LogP contribution >= 0.6 is 0 Å². The zero-order chi connectivity index (χ0) is 17.6. The Morgan fingerprint density at radius 3 is 2.16 bits per heavy atom. The molecule has 0 radical (unpaired) electrons. The second-order valence-electron chi connectivity index (χ2n) is 5.80. The SMILES string of the molecule is CCc1ccc(NC(=O)c2ccc(Nc3ccc(C)cc3)nn2)cc1. The van der Waals surface area contributed by atoms with Crippen molar-refractivity contribution < 1.29 is 4.79 Å². The van der Waals surface area contributed by atoms with Crippen molar-refractivity contribution >= 4 is 23.1 Å². The number of carbonyl (C=O) groups excluding carboxylic acids is 1. The van der Waals surface area contributed by atoms with Gasteiger partial charge < -0.3 is 10.6 Å². The van der Waals surface area contributed by atoms with E-state index in [0.717, 1.165) is 17.8 Å². The maximum Gasteiger partial charge on any atom is 0.276 e. The number of nitrogens with one attached hydrogen (secondary N) is 2. The van der Waals surface area contributed by atoms with E-state index in [9.17, 15) is 4.79 Å². The molecule has 0 aliphatic heterocycles. The zero-order valence-corrected chi connectivity index (χ0v) is 14.3. The van der Waals surface area contributed by atoms with Gasteiger partial charge in [0.05, 0.1) is 0 Å². The molecule has 2 aromatic carbocycles. The topological polar surface area (TPSA) is 66.9 Å². The van der Waals surface area contributed by atoms with Crippen molar-refractivity contribution in [2.75, 3.05) is 10.6 Å². The molecule has 126 valence electrons. The number of anilines is 3. The van der Waals surface area contributed by atoms with Crippen LogP contribution in [0.3, 0.4) is 0 Å². The van der Waals surface area contributed by atoms with Crippen molar-refractivity contribution in [2.24, 2.45) is 0 Å². The molecule has 0 unspecified atom stereocenters. The normalized spacial score (nSPS) is 10.3. The fourth-order valence-electron chi connectivity index (χ4n) is 2.32. The molecule has 25 heavy (non-hydrogen) atoms. The summed E-state index contributed by atoms with van der Waals surface area (Å²) in [6, 6.07) is 19.1. The molecular formula is C20H20N4O. The van der Waals surface area contributed by atoms with E-state index in [2.05, 4.69) is 27.8 Å². The number of amides is 1. The monoisotopic (exact) mass is 332 g/mol. The van der Waals surface area contributed by atoms with Crippen LogP contribution in [0.1, 0.15) is 28.5 Å². The predicted molar refractivity (Wildman–Crippen MR) is 100 cm³/mol. The fraction of sp³-hybridized carbons (Fsp3) is 0.150. The lowest BCUT2D eigenvalue weighted by atomic mass is 10.1. The van der Waals surface area contributed by atoms with Crippen LogP contribution in [0, 0.1) is 6.92 Å². The summed E-state index contributed by atoms with van der Waals surface area (Å²) in [7, 11) is 0. The number of aromatic nitrogens is 2. The third-order valence-electron chi connectivity index (χ3n) is 3.84. The highest BCUT2D eigenvalue weighted by atomic mass is 16.1. The highest BCUT2D eigenvalue weighted by Crippen LogP contribution is 2.15. The zero-order valence-electron chi connectivity index (χ0n) is 14.3. The lowest BCUT2D eigenvalue weighted by Gasteiger charge is -2.07. The molecule has 0 fully saturated rings. The molecule has 3 rings (SSSR count). The molecule has 0 aliphatic rings. The molecule has 0 spiro atoms. The molecule has 1 heterocycles. The Hall–Kier alpha value is -3.21. The molecule has 1 amide bonds. The first-order valence-corrected chi connectivity index (χ1v) is 8.22. The first-order valence-electron chi connectivity index (χ1n) is 8.22. The Kier molecular flexibility index (Phi) is 5.04. The Morgan fingerprint density at radius 1 is 0.880 bits per heavy atom. The number of hydrogen-bond donors (Lipinski definition) is 2. The summed E-state index contributed by atoms with van der Waals surface area (Å²) in [6.45, 7) is 4.13. The Balaban J connectivity index is 1.64. The van der Waals surface area contributed by atoms with Gasteiger partial charge in [0.2, 0.25) is 0 Å². The predicted octanol–water partition coefficient (Wildman–Crippen LogP) is 4.34. The third kappa shape index (κ3) is 4.41. The Labute approximate surface area is 147 Å². The van der Waals surface area contributed by atoms with Gasteiger partial charge >= 0.3 is 0 Å². The number of aryl methyl sites for hydroxylation is 2. The molecule has 0 saturated heterocycles. The lowest BCUT2D eigenvalue weighted by Crippen LogP contribution is -2.14. The maximum absolute atomic E-state index is 12.2. The molecule has 5 nitrogen and oxygen atoms in total. The van der Waals surface area contributed by atoms with Crippen molar-refractivity contribution in [3.05, 3.63) is 77.5 Å². The minimum atomic E-state index is -0.279. The standard InChI is InChI=1S/C20H20N4O/c1-3-15-6-10-17(11-7-15)22-20(25)18-12-13-19(24-23-18)21-16-8-4-14(2)5-9-16/h4-13H,3H2,1-2H3,(H,21,24)(H,22,25). The van der Waals surface area contributed by atoms with Gasteiger partial charge in [-0.15, -0.1) is 10.2 Å². The van der Waals surface area contributed by atoms with Crippen LogP contribution in [-0.2, 0) is 6.42 Å². The van der Waals surface area contributed by atoms with Crippen LogP contribution in [0.4, 0.5) is 17.2 Å². The molecular weight excluding hydrogens is 312 g/mol. The Bertz CT molecular complexity index is 840. The van der Waals surface area contributed by atoms with Crippen molar-refractivity contribution in [1.29, 1.82) is 0 Å². The van der Waals surface area contributed by atoms with Gasteiger partial charge in [-0.1, -0.05) is 36.8 Å². The van der Waals surface area contributed by atoms with Gasteiger partial charge in [0, 0.05) is 11.4 Å². The molecule has 1 aromatic heterocycles. The molecule has 5 heteroatoms. The van der Waals surface area contributed by atoms with Crippen molar-refractivity contribution in [3.8, 4) is 0 Å². The van der Waals surface area contributed by atoms with E-state index in [4.69, 9.17) is 0 Å². The molecule has 0 atom stereocenters. The van der Waals surface area contributed by atoms with Crippen LogP contribution in [0.25, 0.3) is 0 Å². The molecule has 3 aromatic rings. The van der Waals surface area contributed by atoms with E-state index < -0.39 is 0 Å². The number of carbonyl (C=O) groups is 1. The summed E-state index contributed by atoms with van der Waals surface area (Å²) in [5.41, 5.74) is 4.35. The first kappa shape index (κ1) is 16.6. The summed E-state index contributed by atoms with van der Waals surface area (Å²) in [5.74, 6) is 0.311. The van der Waals surface area contributed by atoms with Gasteiger partial charge in [-0.25, -0.2) is 0 Å². The average molecular weight is 332 g/mol. The summed E-state index contributed by atoms with van der Waals surface area (Å²) in [5, 5.41) is 14.0. The van der Waals surface area contributed by atoms with E-state index in [1.54, 1.807) is 12.1 Å². The average Bonchev–Trinajstić information content (AvgIpc) is 2.65. The second kappa shape index (κ2) is 7.57. The largest absolute Gasteiger partial charge is 0.339 e. The number of rotatable bonds is 5. The minimum absolute atomic E-state index is 0.272. The second-order valence-corrected chi connectivity index (χ2v) is 5.80. The van der Waals surface area contributed by atoms with Crippen molar-refractivity contribution in [1.82, 2.24) is 10.2 Å². The highest BCUT2D eigenvalue weighted by Gasteiger charge is 2.09. The van der Waals surface area contributed by atoms with Crippen LogP contribution in [0.2, 0.25) is 0 Å². The van der Waals surface area contributed by atoms with Crippen molar-refractivity contribution in [3.63, 3.8) is 0 Å².